The predicted molar refractivity (Wildman–Crippen MR) is 253 cm³/mol. The molecule has 78 heavy (non-hydrogen) atoms. The van der Waals surface area contributed by atoms with E-state index in [-0.39, 0.29) is 33.8 Å². The van der Waals surface area contributed by atoms with Gasteiger partial charge in [-0.3, -0.25) is 0 Å². The van der Waals surface area contributed by atoms with Crippen molar-refractivity contribution in [2.24, 2.45) is 0 Å². The minimum absolute atomic E-state index is 0.0339. The van der Waals surface area contributed by atoms with Crippen LogP contribution in [0.4, 0.5) is 0 Å². The summed E-state index contributed by atoms with van der Waals surface area (Å²) in [5.74, 6) is -4.10. The van der Waals surface area contributed by atoms with Crippen LogP contribution in [0.25, 0.3) is 0 Å². The first-order valence-corrected chi connectivity index (χ1v) is 24.5. The summed E-state index contributed by atoms with van der Waals surface area (Å²) in [5.41, 5.74) is -0.174. The van der Waals surface area contributed by atoms with E-state index in [2.05, 4.69) is 0 Å². The molecule has 0 aromatic heterocycles. The standard InChI is InChI=1S/C52H56O26/c53-19-29-33(55)35(57)37(59)49(71-29)77-41-31-21-67-45(63)26-13-17-28(18-14-26)70-52-44(76-48(66)24-9-5-2-6-10-24)40(62)42(78-50-38(60)36(58)34(56)30(20-54)72-50)32(74-52)22-68-46(64)25-11-15-27(16-12-25)69-51(73-31)43(39(41)61)75-47(65)23-7-3-1-4-8-23/h1-18,29-44,49-62H,19-22H2. The van der Waals surface area contributed by atoms with Gasteiger partial charge in [0.15, 0.2) is 24.8 Å². The molecule has 420 valence electrons. The van der Waals surface area contributed by atoms with Crippen molar-refractivity contribution < 1.29 is 127 Å². The maximum Gasteiger partial charge on any atom is 0.338 e. The van der Waals surface area contributed by atoms with E-state index in [1.165, 1.54) is 72.8 Å². The van der Waals surface area contributed by atoms with E-state index in [0.717, 1.165) is 0 Å². The van der Waals surface area contributed by atoms with Crippen molar-refractivity contribution in [3.05, 3.63) is 131 Å². The Labute approximate surface area is 442 Å². The summed E-state index contributed by atoms with van der Waals surface area (Å²) in [6.07, 6.45) is -36.0. The molecule has 8 heterocycles. The van der Waals surface area contributed by atoms with Crippen molar-refractivity contribution in [1.29, 1.82) is 0 Å². The van der Waals surface area contributed by atoms with Crippen LogP contribution in [0.3, 0.4) is 0 Å². The third-order valence-electron chi connectivity index (χ3n) is 13.5. The minimum Gasteiger partial charge on any atom is -0.461 e. The fraction of sp³-hybridized carbons (Fsp3) is 0.462. The second kappa shape index (κ2) is 24.8. The zero-order valence-electron chi connectivity index (χ0n) is 40.8. The van der Waals surface area contributed by atoms with Gasteiger partial charge in [0.2, 0.25) is 12.6 Å². The Morgan fingerprint density at radius 2 is 0.795 bits per heavy atom. The molecule has 8 aliphatic heterocycles. The van der Waals surface area contributed by atoms with Crippen LogP contribution in [-0.2, 0) is 47.4 Å². The molecular formula is C52H56O26. The lowest BCUT2D eigenvalue weighted by molar-refractivity contribution is -0.351. The fourth-order valence-electron chi connectivity index (χ4n) is 9.13. The van der Waals surface area contributed by atoms with E-state index in [4.69, 9.17) is 56.8 Å². The molecule has 12 rings (SSSR count). The minimum atomic E-state index is -1.99. The van der Waals surface area contributed by atoms with E-state index < -0.39 is 173 Å². The highest BCUT2D eigenvalue weighted by atomic mass is 16.8. The Morgan fingerprint density at radius 3 is 1.14 bits per heavy atom. The summed E-state index contributed by atoms with van der Waals surface area (Å²) in [7, 11) is 0. The Balaban J connectivity index is 1.05. The van der Waals surface area contributed by atoms with Crippen LogP contribution < -0.4 is 9.47 Å². The number of benzene rings is 4. The van der Waals surface area contributed by atoms with Crippen LogP contribution in [0.15, 0.2) is 109 Å². The van der Waals surface area contributed by atoms with Gasteiger partial charge in [0, 0.05) is 0 Å². The van der Waals surface area contributed by atoms with E-state index in [9.17, 15) is 70.2 Å². The largest absolute Gasteiger partial charge is 0.461 e. The molecule has 4 fully saturated rings. The number of ether oxygens (including phenoxy) is 12. The molecule has 4 aromatic carbocycles. The lowest BCUT2D eigenvalue weighted by Gasteiger charge is -2.46. The van der Waals surface area contributed by atoms with Crippen molar-refractivity contribution in [2.75, 3.05) is 26.4 Å². The average molecular weight is 1100 g/mol. The number of hydrogen-bond acceptors (Lipinski definition) is 26. The van der Waals surface area contributed by atoms with Crippen LogP contribution >= 0.6 is 0 Å². The number of aliphatic hydroxyl groups is 10. The van der Waals surface area contributed by atoms with Gasteiger partial charge in [-0.1, -0.05) is 36.4 Å². The van der Waals surface area contributed by atoms with Gasteiger partial charge in [0.05, 0.1) is 35.5 Å². The molecule has 20 unspecified atom stereocenters. The first-order chi connectivity index (χ1) is 37.5. The summed E-state index contributed by atoms with van der Waals surface area (Å²) < 4.78 is 70.8. The molecule has 4 aromatic rings. The number of esters is 4. The Hall–Kier alpha value is -6.28. The molecule has 0 amide bonds. The zero-order chi connectivity index (χ0) is 55.4. The quantitative estimate of drug-likeness (QED) is 0.0578. The number of hydrogen-bond donors (Lipinski definition) is 10. The van der Waals surface area contributed by atoms with Gasteiger partial charge in [0.25, 0.3) is 0 Å². The normalized spacial score (nSPS) is 36.3. The Morgan fingerprint density at radius 1 is 0.436 bits per heavy atom. The van der Waals surface area contributed by atoms with Crippen molar-refractivity contribution in [3.63, 3.8) is 0 Å². The van der Waals surface area contributed by atoms with Gasteiger partial charge < -0.3 is 108 Å². The van der Waals surface area contributed by atoms with Crippen LogP contribution in [-0.4, -0.2) is 224 Å². The summed E-state index contributed by atoms with van der Waals surface area (Å²) in [4.78, 5) is 54.8. The Bertz CT molecular complexity index is 2460. The van der Waals surface area contributed by atoms with Gasteiger partial charge in [-0.15, -0.1) is 0 Å². The molecule has 4 saturated heterocycles. The summed E-state index contributed by atoms with van der Waals surface area (Å²) >= 11 is 0. The molecule has 0 spiro atoms. The monoisotopic (exact) mass is 1100 g/mol. The topological polar surface area (TPSA) is 381 Å². The van der Waals surface area contributed by atoms with Crippen molar-refractivity contribution in [1.82, 2.24) is 0 Å². The van der Waals surface area contributed by atoms with Crippen molar-refractivity contribution >= 4 is 23.9 Å². The first-order valence-electron chi connectivity index (χ1n) is 24.5. The van der Waals surface area contributed by atoms with Gasteiger partial charge in [-0.2, -0.15) is 0 Å². The van der Waals surface area contributed by atoms with E-state index in [1.54, 1.807) is 36.4 Å². The van der Waals surface area contributed by atoms with E-state index in [1.807, 2.05) is 0 Å². The maximum atomic E-state index is 13.8. The maximum absolute atomic E-state index is 13.8. The number of carbonyl (C=O) groups excluding carboxylic acids is 4. The predicted octanol–water partition coefficient (Wildman–Crippen LogP) is -2.54. The highest BCUT2D eigenvalue weighted by molar-refractivity contribution is 5.91. The first kappa shape index (κ1) is 56.4. The third-order valence-corrected chi connectivity index (χ3v) is 13.5. The molecule has 8 bridgehead atoms. The molecule has 0 radical (unpaired) electrons. The molecule has 10 N–H and O–H groups in total. The van der Waals surface area contributed by atoms with Crippen LogP contribution in [0.2, 0.25) is 0 Å². The summed E-state index contributed by atoms with van der Waals surface area (Å²) in [6.45, 7) is -3.22. The fourth-order valence-corrected chi connectivity index (χ4v) is 9.13. The zero-order valence-corrected chi connectivity index (χ0v) is 40.8. The van der Waals surface area contributed by atoms with Gasteiger partial charge in [0.1, 0.15) is 110 Å². The van der Waals surface area contributed by atoms with Gasteiger partial charge >= 0.3 is 23.9 Å². The summed E-state index contributed by atoms with van der Waals surface area (Å²) in [6, 6.07) is 25.2. The van der Waals surface area contributed by atoms with Gasteiger partial charge in [-0.25, -0.2) is 19.2 Å². The molecule has 20 atom stereocenters. The van der Waals surface area contributed by atoms with E-state index in [0.29, 0.717) is 0 Å². The number of aliphatic hydroxyl groups excluding tert-OH is 10. The molecular weight excluding hydrogens is 1040 g/mol. The Kier molecular flexibility index (Phi) is 17.9. The highest BCUT2D eigenvalue weighted by Gasteiger charge is 2.55. The molecule has 0 saturated carbocycles. The average Bonchev–Trinajstić information content (AvgIpc) is 3.56. The molecule has 0 aliphatic carbocycles. The second-order valence-electron chi connectivity index (χ2n) is 18.6. The SMILES string of the molecule is O=C1OCC2OC(Oc3ccc(cc3)C(=O)OCC3OC(Oc4ccc1cc4)C(OC(=O)c1ccccc1)C(O)C3OC1OC(CO)C(O)C(O)C1O)C(OC(=O)c1ccccc1)C(O)C2OC1OC(CO)C(O)C(O)C1O. The second-order valence-corrected chi connectivity index (χ2v) is 18.6. The van der Waals surface area contributed by atoms with Crippen LogP contribution in [0.5, 0.6) is 11.5 Å². The van der Waals surface area contributed by atoms with Gasteiger partial charge in [-0.05, 0) is 72.8 Å². The lowest BCUT2D eigenvalue weighted by atomic mass is 9.96. The third kappa shape index (κ3) is 12.3. The molecule has 26 heteroatoms. The van der Waals surface area contributed by atoms with Crippen molar-refractivity contribution in [3.8, 4) is 11.5 Å². The lowest BCUT2D eigenvalue weighted by Crippen LogP contribution is -2.65. The van der Waals surface area contributed by atoms with Crippen LogP contribution in [0.1, 0.15) is 41.4 Å². The highest BCUT2D eigenvalue weighted by Crippen LogP contribution is 2.35. The number of carbonyl (C=O) groups is 4. The van der Waals surface area contributed by atoms with Crippen molar-refractivity contribution in [2.45, 2.75) is 123 Å². The van der Waals surface area contributed by atoms with Crippen LogP contribution in [0, 0.1) is 0 Å². The smallest absolute Gasteiger partial charge is 0.338 e. The molecule has 26 nitrogen and oxygen atoms in total. The molecule has 8 aliphatic rings. The number of rotatable bonds is 10. The summed E-state index contributed by atoms with van der Waals surface area (Å²) in [5, 5.41) is 108. The van der Waals surface area contributed by atoms with E-state index >= 15 is 0 Å².